The van der Waals surface area contributed by atoms with Gasteiger partial charge in [0.15, 0.2) is 0 Å². The van der Waals surface area contributed by atoms with Gasteiger partial charge in [-0.25, -0.2) is 0 Å². The molecule has 0 amide bonds. The predicted octanol–water partition coefficient (Wildman–Crippen LogP) is 3.06. The molecule has 21 heavy (non-hydrogen) atoms. The topological polar surface area (TPSA) is 84.6 Å². The summed E-state index contributed by atoms with van der Waals surface area (Å²) in [5.41, 5.74) is 2.29. The summed E-state index contributed by atoms with van der Waals surface area (Å²) in [6, 6.07) is 11.8. The van der Waals surface area contributed by atoms with Crippen LogP contribution in [0.3, 0.4) is 0 Å². The molecule has 0 spiro atoms. The minimum absolute atomic E-state index is 0.129. The van der Waals surface area contributed by atoms with Crippen molar-refractivity contribution in [3.05, 3.63) is 63.7 Å². The molecule has 0 atom stereocenters. The highest BCUT2D eigenvalue weighted by atomic mass is 16.6. The van der Waals surface area contributed by atoms with Gasteiger partial charge in [0, 0.05) is 13.7 Å². The van der Waals surface area contributed by atoms with E-state index < -0.39 is 4.92 Å². The third-order valence-corrected chi connectivity index (χ3v) is 2.99. The van der Waals surface area contributed by atoms with Gasteiger partial charge < -0.3 is 15.2 Å². The van der Waals surface area contributed by atoms with Gasteiger partial charge >= 0.3 is 0 Å². The Kier molecular flexibility index (Phi) is 4.73. The molecule has 6 nitrogen and oxygen atoms in total. The van der Waals surface area contributed by atoms with Crippen LogP contribution in [0.4, 0.5) is 11.4 Å². The van der Waals surface area contributed by atoms with Crippen molar-refractivity contribution < 1.29 is 14.8 Å². The van der Waals surface area contributed by atoms with Gasteiger partial charge in [-0.2, -0.15) is 0 Å². The molecule has 2 aromatic rings. The summed E-state index contributed by atoms with van der Waals surface area (Å²) in [5, 5.41) is 23.3. The number of nitrogens with one attached hydrogen (secondary N) is 1. The van der Waals surface area contributed by atoms with Crippen LogP contribution in [-0.2, 0) is 17.9 Å². The van der Waals surface area contributed by atoms with Crippen LogP contribution in [0.15, 0.2) is 42.5 Å². The molecule has 2 N–H and O–H groups in total. The molecule has 0 unspecified atom stereocenters. The Morgan fingerprint density at radius 1 is 1.19 bits per heavy atom. The number of nitrogens with zero attached hydrogens (tertiary/aromatic N) is 1. The molecule has 110 valence electrons. The molecule has 0 fully saturated rings. The molecule has 0 aromatic heterocycles. The van der Waals surface area contributed by atoms with Crippen molar-refractivity contribution in [3.8, 4) is 5.75 Å². The van der Waals surface area contributed by atoms with Crippen molar-refractivity contribution in [1.29, 1.82) is 0 Å². The maximum Gasteiger partial charge on any atom is 0.296 e. The van der Waals surface area contributed by atoms with Crippen LogP contribution >= 0.6 is 0 Å². The molecule has 0 radical (unpaired) electrons. The Morgan fingerprint density at radius 3 is 2.48 bits per heavy atom. The van der Waals surface area contributed by atoms with E-state index in [9.17, 15) is 15.2 Å². The number of hydrogen-bond acceptors (Lipinski definition) is 5. The maximum atomic E-state index is 10.9. The van der Waals surface area contributed by atoms with Gasteiger partial charge in [-0.1, -0.05) is 24.3 Å². The molecule has 0 aliphatic carbocycles. The molecule has 0 bridgehead atoms. The molecular formula is C15H16N2O4. The highest BCUT2D eigenvalue weighted by Crippen LogP contribution is 2.28. The van der Waals surface area contributed by atoms with Gasteiger partial charge in [0.1, 0.15) is 11.4 Å². The number of nitro benzene ring substituents is 1. The van der Waals surface area contributed by atoms with E-state index in [2.05, 4.69) is 5.32 Å². The number of methoxy groups -OCH3 is 1. The number of ether oxygens (including phenoxy) is 1. The van der Waals surface area contributed by atoms with E-state index in [1.54, 1.807) is 7.11 Å². The van der Waals surface area contributed by atoms with Gasteiger partial charge in [-0.15, -0.1) is 0 Å². The second kappa shape index (κ2) is 6.71. The minimum Gasteiger partial charge on any atom is -0.508 e. The second-order valence-corrected chi connectivity index (χ2v) is 4.56. The van der Waals surface area contributed by atoms with Crippen molar-refractivity contribution in [2.45, 2.75) is 13.2 Å². The van der Waals surface area contributed by atoms with E-state index in [0.29, 0.717) is 18.8 Å². The molecule has 6 heteroatoms. The smallest absolute Gasteiger partial charge is 0.296 e. The summed E-state index contributed by atoms with van der Waals surface area (Å²) in [6.45, 7) is 1.01. The summed E-state index contributed by atoms with van der Waals surface area (Å²) in [6.07, 6.45) is 0. The number of phenolic OH excluding ortho intramolecular Hbond substituents is 1. The normalized spacial score (nSPS) is 10.3. The Balaban J connectivity index is 2.07. The first-order valence-electron chi connectivity index (χ1n) is 6.38. The summed E-state index contributed by atoms with van der Waals surface area (Å²) >= 11 is 0. The lowest BCUT2D eigenvalue weighted by atomic mass is 10.1. The lowest BCUT2D eigenvalue weighted by molar-refractivity contribution is -0.384. The number of hydrogen-bond donors (Lipinski definition) is 2. The quantitative estimate of drug-likeness (QED) is 0.485. The average molecular weight is 288 g/mol. The first-order valence-corrected chi connectivity index (χ1v) is 6.38. The number of rotatable bonds is 6. The van der Waals surface area contributed by atoms with Crippen molar-refractivity contribution in [1.82, 2.24) is 0 Å². The first kappa shape index (κ1) is 14.8. The molecule has 0 aliphatic heterocycles. The molecule has 0 heterocycles. The fourth-order valence-electron chi connectivity index (χ4n) is 1.94. The Labute approximate surface area is 122 Å². The third-order valence-electron chi connectivity index (χ3n) is 2.99. The van der Waals surface area contributed by atoms with Crippen LogP contribution < -0.4 is 5.32 Å². The monoisotopic (exact) mass is 288 g/mol. The second-order valence-electron chi connectivity index (χ2n) is 4.56. The first-order chi connectivity index (χ1) is 10.1. The van der Waals surface area contributed by atoms with E-state index >= 15 is 0 Å². The summed E-state index contributed by atoms with van der Waals surface area (Å²) in [4.78, 5) is 10.4. The number of aromatic hydroxyl groups is 1. The SMILES string of the molecule is COCc1ccc(CNc2ccc(O)cc2[N+](=O)[O-])cc1. The number of phenols is 1. The Bertz CT molecular complexity index is 626. The zero-order chi connectivity index (χ0) is 15.2. The van der Waals surface area contributed by atoms with E-state index in [0.717, 1.165) is 17.2 Å². The number of nitro groups is 1. The number of anilines is 1. The standard InChI is InChI=1S/C15H16N2O4/c1-21-10-12-4-2-11(3-5-12)9-16-14-7-6-13(18)8-15(14)17(19)20/h2-8,16,18H,9-10H2,1H3. The zero-order valence-corrected chi connectivity index (χ0v) is 11.6. The van der Waals surface area contributed by atoms with Gasteiger partial charge in [-0.05, 0) is 23.3 Å². The third kappa shape index (κ3) is 3.93. The van der Waals surface area contributed by atoms with E-state index in [1.165, 1.54) is 12.1 Å². The van der Waals surface area contributed by atoms with Gasteiger partial charge in [0.2, 0.25) is 0 Å². The van der Waals surface area contributed by atoms with Gasteiger partial charge in [0.05, 0.1) is 17.6 Å². The van der Waals surface area contributed by atoms with Crippen molar-refractivity contribution in [3.63, 3.8) is 0 Å². The number of benzene rings is 2. The average Bonchev–Trinajstić information content (AvgIpc) is 2.47. The lowest BCUT2D eigenvalue weighted by Gasteiger charge is -2.08. The molecule has 2 rings (SSSR count). The van der Waals surface area contributed by atoms with E-state index in [4.69, 9.17) is 4.74 Å². The zero-order valence-electron chi connectivity index (χ0n) is 11.6. The fourth-order valence-corrected chi connectivity index (χ4v) is 1.94. The molecule has 0 aliphatic rings. The van der Waals surface area contributed by atoms with E-state index in [1.807, 2.05) is 24.3 Å². The summed E-state index contributed by atoms with van der Waals surface area (Å²) < 4.78 is 5.04. The van der Waals surface area contributed by atoms with Crippen LogP contribution in [0.2, 0.25) is 0 Å². The van der Waals surface area contributed by atoms with Crippen molar-refractivity contribution in [2.24, 2.45) is 0 Å². The molecule has 2 aromatic carbocycles. The van der Waals surface area contributed by atoms with Crippen LogP contribution in [0.25, 0.3) is 0 Å². The predicted molar refractivity (Wildman–Crippen MR) is 79.2 cm³/mol. The molecule has 0 saturated heterocycles. The lowest BCUT2D eigenvalue weighted by Crippen LogP contribution is -2.02. The summed E-state index contributed by atoms with van der Waals surface area (Å²) in [5.74, 6) is -0.129. The Morgan fingerprint density at radius 2 is 1.86 bits per heavy atom. The van der Waals surface area contributed by atoms with Crippen molar-refractivity contribution in [2.75, 3.05) is 12.4 Å². The summed E-state index contributed by atoms with van der Waals surface area (Å²) in [7, 11) is 1.64. The van der Waals surface area contributed by atoms with Crippen LogP contribution in [0.1, 0.15) is 11.1 Å². The van der Waals surface area contributed by atoms with Gasteiger partial charge in [0.25, 0.3) is 5.69 Å². The highest BCUT2D eigenvalue weighted by Gasteiger charge is 2.14. The van der Waals surface area contributed by atoms with Crippen LogP contribution in [0, 0.1) is 10.1 Å². The fraction of sp³-hybridized carbons (Fsp3) is 0.200. The van der Waals surface area contributed by atoms with E-state index in [-0.39, 0.29) is 11.4 Å². The Hall–Kier alpha value is -2.60. The molecule has 0 saturated carbocycles. The van der Waals surface area contributed by atoms with Crippen LogP contribution in [-0.4, -0.2) is 17.1 Å². The van der Waals surface area contributed by atoms with Gasteiger partial charge in [-0.3, -0.25) is 10.1 Å². The van der Waals surface area contributed by atoms with Crippen LogP contribution in [0.5, 0.6) is 5.75 Å². The van der Waals surface area contributed by atoms with Crippen molar-refractivity contribution >= 4 is 11.4 Å². The maximum absolute atomic E-state index is 10.9. The largest absolute Gasteiger partial charge is 0.508 e. The molecular weight excluding hydrogens is 272 g/mol. The minimum atomic E-state index is -0.524. The highest BCUT2D eigenvalue weighted by molar-refractivity contribution is 5.63.